The number of ether oxygens (including phenoxy) is 1. The van der Waals surface area contributed by atoms with Gasteiger partial charge < -0.3 is 15.0 Å². The Morgan fingerprint density at radius 1 is 1.10 bits per heavy atom. The Labute approximate surface area is 173 Å². The topological polar surface area (TPSA) is 58.6 Å². The van der Waals surface area contributed by atoms with Gasteiger partial charge in [0, 0.05) is 18.2 Å². The number of benzene rings is 2. The second kappa shape index (κ2) is 9.59. The molecule has 2 aromatic rings. The van der Waals surface area contributed by atoms with E-state index in [-0.39, 0.29) is 11.8 Å². The summed E-state index contributed by atoms with van der Waals surface area (Å²) >= 11 is 0. The van der Waals surface area contributed by atoms with Crippen LogP contribution in [0.1, 0.15) is 62.3 Å². The van der Waals surface area contributed by atoms with E-state index in [1.54, 1.807) is 4.90 Å². The van der Waals surface area contributed by atoms with Crippen molar-refractivity contribution in [2.24, 2.45) is 0 Å². The van der Waals surface area contributed by atoms with E-state index in [0.29, 0.717) is 6.54 Å². The maximum absolute atomic E-state index is 13.0. The fraction of sp³-hybridized carbons (Fsp3) is 0.417. The number of nitrogens with one attached hydrogen (secondary N) is 1. The number of nitrogens with zero attached hydrogens (tertiary/aromatic N) is 1. The molecule has 5 nitrogen and oxygen atoms in total. The summed E-state index contributed by atoms with van der Waals surface area (Å²) in [6.45, 7) is 6.81. The Morgan fingerprint density at radius 2 is 1.86 bits per heavy atom. The molecule has 0 fully saturated rings. The molecule has 3 rings (SSSR count). The van der Waals surface area contributed by atoms with Gasteiger partial charge in [0.15, 0.2) is 0 Å². The van der Waals surface area contributed by atoms with Gasteiger partial charge in [-0.1, -0.05) is 56.0 Å². The van der Waals surface area contributed by atoms with Crippen molar-refractivity contribution in [3.8, 4) is 5.75 Å². The van der Waals surface area contributed by atoms with Crippen LogP contribution in [-0.2, 0) is 16.1 Å². The van der Waals surface area contributed by atoms with E-state index in [0.717, 1.165) is 41.2 Å². The summed E-state index contributed by atoms with van der Waals surface area (Å²) in [5.74, 6) is 0.542. The first-order valence-corrected chi connectivity index (χ1v) is 10.4. The molecule has 0 saturated carbocycles. The lowest BCUT2D eigenvalue weighted by Crippen LogP contribution is -2.36. The number of hydrogen-bond donors (Lipinski definition) is 1. The van der Waals surface area contributed by atoms with Crippen LogP contribution in [0.3, 0.4) is 0 Å². The molecule has 0 saturated heterocycles. The molecular weight excluding hydrogens is 364 g/mol. The average molecular weight is 395 g/mol. The number of carbonyl (C=O) groups is 2. The maximum atomic E-state index is 13.0. The van der Waals surface area contributed by atoms with Crippen molar-refractivity contribution in [2.75, 3.05) is 11.5 Å². The summed E-state index contributed by atoms with van der Waals surface area (Å²) < 4.78 is 5.80. The fourth-order valence-corrected chi connectivity index (χ4v) is 3.66. The lowest BCUT2D eigenvalue weighted by molar-refractivity contribution is -0.126. The van der Waals surface area contributed by atoms with Gasteiger partial charge in [0.25, 0.3) is 5.91 Å². The molecule has 0 spiro atoms. The molecular formula is C24H30N2O3. The summed E-state index contributed by atoms with van der Waals surface area (Å²) in [5, 5.41) is 2.79. The quantitative estimate of drug-likeness (QED) is 0.628. The molecule has 154 valence electrons. The summed E-state index contributed by atoms with van der Waals surface area (Å²) in [6, 6.07) is 13.2. The Morgan fingerprint density at radius 3 is 2.55 bits per heavy atom. The second-order valence-electron chi connectivity index (χ2n) is 7.67. The fourth-order valence-electron chi connectivity index (χ4n) is 3.66. The minimum atomic E-state index is -0.617. The first-order chi connectivity index (χ1) is 14.0. The Bertz CT molecular complexity index is 861. The molecule has 0 aromatic heterocycles. The molecule has 29 heavy (non-hydrogen) atoms. The molecule has 1 unspecified atom stereocenters. The third-order valence-electron chi connectivity index (χ3n) is 5.18. The highest BCUT2D eigenvalue weighted by Gasteiger charge is 2.37. The number of carbonyl (C=O) groups excluding carboxylic acids is 2. The van der Waals surface area contributed by atoms with Crippen molar-refractivity contribution in [3.63, 3.8) is 0 Å². The zero-order valence-corrected chi connectivity index (χ0v) is 17.5. The van der Waals surface area contributed by atoms with Gasteiger partial charge in [-0.2, -0.15) is 0 Å². The number of fused-ring (bicyclic) bond motifs is 1. The van der Waals surface area contributed by atoms with Gasteiger partial charge in [0.05, 0.1) is 13.2 Å². The molecule has 0 aliphatic carbocycles. The van der Waals surface area contributed by atoms with Crippen LogP contribution in [0.2, 0.25) is 0 Å². The van der Waals surface area contributed by atoms with Gasteiger partial charge in [-0.05, 0) is 37.1 Å². The summed E-state index contributed by atoms with van der Waals surface area (Å²) in [6.07, 6.45) is 4.72. The van der Waals surface area contributed by atoms with Crippen molar-refractivity contribution < 1.29 is 14.3 Å². The zero-order valence-electron chi connectivity index (χ0n) is 17.5. The first kappa shape index (κ1) is 20.9. The molecule has 1 aliphatic rings. The molecule has 5 heteroatoms. The van der Waals surface area contributed by atoms with Gasteiger partial charge >= 0.3 is 0 Å². The minimum Gasteiger partial charge on any atom is -0.494 e. The number of amides is 2. The third kappa shape index (κ3) is 5.17. The van der Waals surface area contributed by atoms with E-state index in [2.05, 4.69) is 12.2 Å². The van der Waals surface area contributed by atoms with Gasteiger partial charge in [-0.25, -0.2) is 0 Å². The first-order valence-electron chi connectivity index (χ1n) is 10.4. The monoisotopic (exact) mass is 394 g/mol. The number of hydrogen-bond acceptors (Lipinski definition) is 3. The highest BCUT2D eigenvalue weighted by Crippen LogP contribution is 2.37. The predicted molar refractivity (Wildman–Crippen MR) is 115 cm³/mol. The second-order valence-corrected chi connectivity index (χ2v) is 7.67. The molecule has 1 atom stereocenters. The van der Waals surface area contributed by atoms with Crippen molar-refractivity contribution in [1.82, 2.24) is 5.32 Å². The van der Waals surface area contributed by atoms with E-state index in [9.17, 15) is 9.59 Å². The van der Waals surface area contributed by atoms with Crippen LogP contribution in [0.4, 0.5) is 5.69 Å². The Balaban J connectivity index is 1.68. The Kier molecular flexibility index (Phi) is 6.91. The van der Waals surface area contributed by atoms with Crippen LogP contribution in [0.15, 0.2) is 42.5 Å². The number of anilines is 1. The van der Waals surface area contributed by atoms with Crippen LogP contribution in [0.25, 0.3) is 0 Å². The highest BCUT2D eigenvalue weighted by atomic mass is 16.5. The number of unbranched alkanes of at least 4 members (excludes halogenated alkanes) is 3. The van der Waals surface area contributed by atoms with Crippen LogP contribution in [-0.4, -0.2) is 18.4 Å². The van der Waals surface area contributed by atoms with Crippen LogP contribution < -0.4 is 15.0 Å². The lowest BCUT2D eigenvalue weighted by Gasteiger charge is -2.18. The van der Waals surface area contributed by atoms with Crippen molar-refractivity contribution in [1.29, 1.82) is 0 Å². The van der Waals surface area contributed by atoms with Crippen molar-refractivity contribution in [2.45, 2.75) is 59.0 Å². The number of rotatable bonds is 9. The van der Waals surface area contributed by atoms with Gasteiger partial charge in [-0.15, -0.1) is 0 Å². The average Bonchev–Trinajstić information content (AvgIpc) is 2.94. The van der Waals surface area contributed by atoms with Crippen LogP contribution in [0.5, 0.6) is 5.75 Å². The molecule has 1 heterocycles. The van der Waals surface area contributed by atoms with Gasteiger partial charge in [0.2, 0.25) is 5.91 Å². The third-order valence-corrected chi connectivity index (χ3v) is 5.18. The van der Waals surface area contributed by atoms with Gasteiger partial charge in [-0.3, -0.25) is 9.59 Å². The number of aryl methyl sites for hydroxylation is 1. The van der Waals surface area contributed by atoms with Crippen LogP contribution in [0, 0.1) is 6.92 Å². The summed E-state index contributed by atoms with van der Waals surface area (Å²) in [5.41, 5.74) is 3.80. The zero-order chi connectivity index (χ0) is 20.8. The van der Waals surface area contributed by atoms with Crippen LogP contribution >= 0.6 is 0 Å². The summed E-state index contributed by atoms with van der Waals surface area (Å²) in [4.78, 5) is 26.3. The molecule has 2 aromatic carbocycles. The Hall–Kier alpha value is -2.82. The lowest BCUT2D eigenvalue weighted by atomic mass is 10.1. The van der Waals surface area contributed by atoms with Crippen molar-refractivity contribution in [3.05, 3.63) is 59.2 Å². The van der Waals surface area contributed by atoms with Gasteiger partial charge in [0.1, 0.15) is 11.8 Å². The maximum Gasteiger partial charge on any atom is 0.254 e. The highest BCUT2D eigenvalue weighted by molar-refractivity contribution is 6.06. The minimum absolute atomic E-state index is 0.1000. The predicted octanol–water partition coefficient (Wildman–Crippen LogP) is 4.68. The van der Waals surface area contributed by atoms with E-state index in [1.165, 1.54) is 26.2 Å². The molecule has 0 bridgehead atoms. The molecule has 1 aliphatic heterocycles. The normalized spacial score (nSPS) is 15.3. The van der Waals surface area contributed by atoms with E-state index in [1.807, 2.05) is 49.4 Å². The van der Waals surface area contributed by atoms with E-state index in [4.69, 9.17) is 4.74 Å². The molecule has 2 amide bonds. The summed E-state index contributed by atoms with van der Waals surface area (Å²) in [7, 11) is 0. The van der Waals surface area contributed by atoms with Crippen molar-refractivity contribution >= 4 is 17.5 Å². The standard InChI is InChI=1S/C24H30N2O3/c1-4-5-6-7-14-29-20-11-9-19(10-12-20)16-26-22-13-8-17(2)15-21(22)23(24(26)28)25-18(3)27/h8-13,15,23H,4-7,14,16H2,1-3H3,(H,25,27). The van der Waals surface area contributed by atoms with E-state index >= 15 is 0 Å². The van der Waals surface area contributed by atoms with E-state index < -0.39 is 6.04 Å². The smallest absolute Gasteiger partial charge is 0.254 e. The molecule has 1 N–H and O–H groups in total. The largest absolute Gasteiger partial charge is 0.494 e. The SMILES string of the molecule is CCCCCCOc1ccc(CN2C(=O)C(NC(C)=O)c3cc(C)ccc32)cc1. The molecule has 0 radical (unpaired) electrons.